The highest BCUT2D eigenvalue weighted by atomic mass is 15.0. The highest BCUT2D eigenvalue weighted by Gasteiger charge is 2.29. The molecule has 0 aliphatic carbocycles. The van der Waals surface area contributed by atoms with Crippen LogP contribution in [0.15, 0.2) is 12.1 Å². The third-order valence-corrected chi connectivity index (χ3v) is 4.37. The van der Waals surface area contributed by atoms with Crippen LogP contribution in [-0.4, -0.2) is 20.1 Å². The molecule has 1 aromatic carbocycles. The van der Waals surface area contributed by atoms with Crippen LogP contribution in [0.2, 0.25) is 0 Å². The van der Waals surface area contributed by atoms with Gasteiger partial charge in [-0.1, -0.05) is 32.9 Å². The van der Waals surface area contributed by atoms with Gasteiger partial charge in [0.1, 0.15) is 0 Å². The SMILES string of the molecule is CNC(c1c(C)cc(C(C)(C)C)cc1C)C1CNC1. The third-order valence-electron chi connectivity index (χ3n) is 4.37. The van der Waals surface area contributed by atoms with Gasteiger partial charge in [0.2, 0.25) is 0 Å². The lowest BCUT2D eigenvalue weighted by molar-refractivity contribution is 0.266. The van der Waals surface area contributed by atoms with Crippen molar-refractivity contribution in [2.45, 2.75) is 46.1 Å². The third kappa shape index (κ3) is 2.85. The number of aryl methyl sites for hydroxylation is 2. The number of hydrogen-bond acceptors (Lipinski definition) is 2. The summed E-state index contributed by atoms with van der Waals surface area (Å²) in [6, 6.07) is 5.23. The van der Waals surface area contributed by atoms with Gasteiger partial charge in [0.25, 0.3) is 0 Å². The van der Waals surface area contributed by atoms with Gasteiger partial charge in [-0.25, -0.2) is 0 Å². The zero-order valence-corrected chi connectivity index (χ0v) is 13.2. The van der Waals surface area contributed by atoms with E-state index in [1.165, 1.54) is 22.3 Å². The van der Waals surface area contributed by atoms with Crippen molar-refractivity contribution in [1.82, 2.24) is 10.6 Å². The molecule has 2 nitrogen and oxygen atoms in total. The lowest BCUT2D eigenvalue weighted by atomic mass is 9.79. The van der Waals surface area contributed by atoms with Gasteiger partial charge in [0, 0.05) is 25.0 Å². The van der Waals surface area contributed by atoms with Crippen molar-refractivity contribution >= 4 is 0 Å². The maximum atomic E-state index is 3.52. The maximum Gasteiger partial charge on any atom is 0.0375 e. The Kier molecular flexibility index (Phi) is 4.03. The van der Waals surface area contributed by atoms with E-state index in [9.17, 15) is 0 Å². The monoisotopic (exact) mass is 260 g/mol. The summed E-state index contributed by atoms with van der Waals surface area (Å²) in [5.74, 6) is 0.725. The molecule has 1 saturated heterocycles. The lowest BCUT2D eigenvalue weighted by Gasteiger charge is -2.37. The summed E-state index contributed by atoms with van der Waals surface area (Å²) in [7, 11) is 2.08. The Balaban J connectivity index is 2.40. The molecule has 1 atom stereocenters. The van der Waals surface area contributed by atoms with E-state index in [-0.39, 0.29) is 5.41 Å². The first-order valence-electron chi connectivity index (χ1n) is 7.34. The predicted molar refractivity (Wildman–Crippen MR) is 82.8 cm³/mol. The normalized spacial score (nSPS) is 18.2. The Morgan fingerprint density at radius 1 is 1.16 bits per heavy atom. The van der Waals surface area contributed by atoms with Crippen molar-refractivity contribution in [3.8, 4) is 0 Å². The molecule has 2 N–H and O–H groups in total. The number of nitrogens with one attached hydrogen (secondary N) is 2. The molecule has 0 saturated carbocycles. The van der Waals surface area contributed by atoms with Crippen LogP contribution in [0.1, 0.15) is 49.1 Å². The van der Waals surface area contributed by atoms with Gasteiger partial charge < -0.3 is 10.6 Å². The first kappa shape index (κ1) is 14.5. The highest BCUT2D eigenvalue weighted by Crippen LogP contribution is 2.33. The smallest absolute Gasteiger partial charge is 0.0375 e. The van der Waals surface area contributed by atoms with Gasteiger partial charge in [0.05, 0.1) is 0 Å². The van der Waals surface area contributed by atoms with Crippen molar-refractivity contribution in [3.63, 3.8) is 0 Å². The van der Waals surface area contributed by atoms with Crippen molar-refractivity contribution in [3.05, 3.63) is 34.4 Å². The summed E-state index contributed by atoms with van der Waals surface area (Å²) in [5, 5.41) is 6.90. The Bertz CT molecular complexity index is 430. The van der Waals surface area contributed by atoms with E-state index in [0.29, 0.717) is 6.04 Å². The number of rotatable bonds is 3. The van der Waals surface area contributed by atoms with E-state index in [1.54, 1.807) is 0 Å². The Hall–Kier alpha value is -0.860. The number of benzene rings is 1. The Labute approximate surface area is 118 Å². The van der Waals surface area contributed by atoms with Crippen LogP contribution in [0, 0.1) is 19.8 Å². The van der Waals surface area contributed by atoms with Gasteiger partial charge in [-0.15, -0.1) is 0 Å². The predicted octanol–water partition coefficient (Wildman–Crippen LogP) is 3.08. The Morgan fingerprint density at radius 2 is 1.68 bits per heavy atom. The van der Waals surface area contributed by atoms with E-state index in [1.807, 2.05) is 0 Å². The minimum Gasteiger partial charge on any atom is -0.316 e. The summed E-state index contributed by atoms with van der Waals surface area (Å²) in [6.45, 7) is 13.6. The molecule has 0 bridgehead atoms. The zero-order valence-electron chi connectivity index (χ0n) is 13.2. The second-order valence-electron chi connectivity index (χ2n) is 6.96. The average molecular weight is 260 g/mol. The molecule has 0 amide bonds. The van der Waals surface area contributed by atoms with Crippen LogP contribution in [0.3, 0.4) is 0 Å². The van der Waals surface area contributed by atoms with Crippen LogP contribution in [0.4, 0.5) is 0 Å². The summed E-state index contributed by atoms with van der Waals surface area (Å²) < 4.78 is 0. The summed E-state index contributed by atoms with van der Waals surface area (Å²) in [6.07, 6.45) is 0. The largest absolute Gasteiger partial charge is 0.316 e. The second kappa shape index (κ2) is 5.26. The molecule has 1 fully saturated rings. The van der Waals surface area contributed by atoms with E-state index < -0.39 is 0 Å². The lowest BCUT2D eigenvalue weighted by Crippen LogP contribution is -2.48. The fraction of sp³-hybridized carbons (Fsp3) is 0.647. The molecule has 0 radical (unpaired) electrons. The first-order valence-corrected chi connectivity index (χ1v) is 7.34. The average Bonchev–Trinajstić information content (AvgIpc) is 2.22. The van der Waals surface area contributed by atoms with E-state index in [4.69, 9.17) is 0 Å². The molecule has 0 spiro atoms. The summed E-state index contributed by atoms with van der Waals surface area (Å²) in [5.41, 5.74) is 6.02. The molecule has 1 aromatic rings. The van der Waals surface area contributed by atoms with E-state index >= 15 is 0 Å². The molecule has 1 aliphatic heterocycles. The van der Waals surface area contributed by atoms with Gasteiger partial charge in [0.15, 0.2) is 0 Å². The Morgan fingerprint density at radius 3 is 2.00 bits per heavy atom. The highest BCUT2D eigenvalue weighted by molar-refractivity contribution is 5.42. The molecule has 0 aromatic heterocycles. The molecular formula is C17H28N2. The van der Waals surface area contributed by atoms with Crippen molar-refractivity contribution in [1.29, 1.82) is 0 Å². The van der Waals surface area contributed by atoms with Gasteiger partial charge >= 0.3 is 0 Å². The molecule has 1 heterocycles. The molecule has 1 aliphatic rings. The van der Waals surface area contributed by atoms with Crippen LogP contribution >= 0.6 is 0 Å². The molecule has 19 heavy (non-hydrogen) atoms. The fourth-order valence-electron chi connectivity index (χ4n) is 3.06. The van der Waals surface area contributed by atoms with Crippen LogP contribution in [-0.2, 0) is 5.41 Å². The van der Waals surface area contributed by atoms with Crippen molar-refractivity contribution in [2.24, 2.45) is 5.92 Å². The molecular weight excluding hydrogens is 232 g/mol. The van der Waals surface area contributed by atoms with Gasteiger partial charge in [-0.3, -0.25) is 0 Å². The summed E-state index contributed by atoms with van der Waals surface area (Å²) >= 11 is 0. The van der Waals surface area contributed by atoms with Gasteiger partial charge in [-0.2, -0.15) is 0 Å². The maximum absolute atomic E-state index is 3.52. The number of hydrogen-bond donors (Lipinski definition) is 2. The fourth-order valence-corrected chi connectivity index (χ4v) is 3.06. The van der Waals surface area contributed by atoms with Crippen LogP contribution < -0.4 is 10.6 Å². The van der Waals surface area contributed by atoms with Crippen molar-refractivity contribution in [2.75, 3.05) is 20.1 Å². The second-order valence-corrected chi connectivity index (χ2v) is 6.96. The molecule has 2 rings (SSSR count). The quantitative estimate of drug-likeness (QED) is 0.873. The van der Waals surface area contributed by atoms with E-state index in [2.05, 4.69) is 64.4 Å². The minimum absolute atomic E-state index is 0.223. The van der Waals surface area contributed by atoms with Crippen molar-refractivity contribution < 1.29 is 0 Å². The molecule has 2 heteroatoms. The van der Waals surface area contributed by atoms with E-state index in [0.717, 1.165) is 19.0 Å². The zero-order chi connectivity index (χ0) is 14.2. The topological polar surface area (TPSA) is 24.1 Å². The molecule has 1 unspecified atom stereocenters. The minimum atomic E-state index is 0.223. The standard InChI is InChI=1S/C17H28N2/c1-11-7-14(17(3,4)5)8-12(2)15(11)16(18-6)13-9-19-10-13/h7-8,13,16,18-19H,9-10H2,1-6H3. The summed E-state index contributed by atoms with van der Waals surface area (Å²) in [4.78, 5) is 0. The van der Waals surface area contributed by atoms with Crippen LogP contribution in [0.5, 0.6) is 0 Å². The first-order chi connectivity index (χ1) is 8.84. The van der Waals surface area contributed by atoms with Crippen LogP contribution in [0.25, 0.3) is 0 Å². The van der Waals surface area contributed by atoms with Gasteiger partial charge in [-0.05, 0) is 48.6 Å². The molecule has 106 valence electrons.